The molecule has 0 heterocycles. The van der Waals surface area contributed by atoms with Gasteiger partial charge in [0.15, 0.2) is 0 Å². The van der Waals surface area contributed by atoms with Gasteiger partial charge in [-0.25, -0.2) is 0 Å². The molecule has 0 saturated heterocycles. The molecule has 0 amide bonds. The van der Waals surface area contributed by atoms with E-state index in [-0.39, 0.29) is 0 Å². The molecule has 0 saturated carbocycles. The summed E-state index contributed by atoms with van der Waals surface area (Å²) in [6, 6.07) is 14.9. The van der Waals surface area contributed by atoms with E-state index in [0.717, 1.165) is 11.3 Å². The van der Waals surface area contributed by atoms with Gasteiger partial charge in [-0.2, -0.15) is 0 Å². The van der Waals surface area contributed by atoms with E-state index >= 15 is 0 Å². The van der Waals surface area contributed by atoms with Gasteiger partial charge < -0.3 is 10.1 Å². The number of aliphatic imine (C=N–C) groups is 1. The molecule has 2 aromatic rings. The molecular weight excluding hydrogens is 308 g/mol. The van der Waals surface area contributed by atoms with Crippen LogP contribution in [0.15, 0.2) is 47.5 Å². The summed E-state index contributed by atoms with van der Waals surface area (Å²) in [6.07, 6.45) is 1.92. The van der Waals surface area contributed by atoms with Crippen molar-refractivity contribution in [3.63, 3.8) is 0 Å². The SMILES string of the molecule is COCCN=Cc1ccccc1Nc1c(C(C)C)cccc1C(C)C. The lowest BCUT2D eigenvalue weighted by Crippen LogP contribution is -2.05. The van der Waals surface area contributed by atoms with Crippen molar-refractivity contribution in [1.82, 2.24) is 0 Å². The quantitative estimate of drug-likeness (QED) is 0.491. The zero-order valence-corrected chi connectivity index (χ0v) is 16.0. The minimum Gasteiger partial charge on any atom is -0.383 e. The number of nitrogens with one attached hydrogen (secondary N) is 1. The highest BCUT2D eigenvalue weighted by atomic mass is 16.5. The molecule has 2 aromatic carbocycles. The number of anilines is 2. The second kappa shape index (κ2) is 9.38. The van der Waals surface area contributed by atoms with E-state index in [0.29, 0.717) is 25.0 Å². The minimum absolute atomic E-state index is 0.462. The molecule has 0 unspecified atom stereocenters. The Balaban J connectivity index is 2.38. The first kappa shape index (κ1) is 19.2. The van der Waals surface area contributed by atoms with Gasteiger partial charge in [-0.3, -0.25) is 4.99 Å². The van der Waals surface area contributed by atoms with Crippen LogP contribution in [0.2, 0.25) is 0 Å². The molecule has 2 rings (SSSR count). The third-order valence-electron chi connectivity index (χ3n) is 4.25. The van der Waals surface area contributed by atoms with Gasteiger partial charge in [0.25, 0.3) is 0 Å². The normalized spacial score (nSPS) is 11.6. The Morgan fingerprint density at radius 2 is 1.60 bits per heavy atom. The molecule has 0 fully saturated rings. The summed E-state index contributed by atoms with van der Waals surface area (Å²) in [6.45, 7) is 10.3. The predicted octanol–water partition coefficient (Wildman–Crippen LogP) is 5.74. The van der Waals surface area contributed by atoms with Gasteiger partial charge in [-0.05, 0) is 29.0 Å². The highest BCUT2D eigenvalue weighted by Crippen LogP contribution is 2.35. The number of hydrogen-bond donors (Lipinski definition) is 1. The van der Waals surface area contributed by atoms with Gasteiger partial charge >= 0.3 is 0 Å². The molecule has 0 spiro atoms. The van der Waals surface area contributed by atoms with Crippen LogP contribution >= 0.6 is 0 Å². The number of hydrogen-bond acceptors (Lipinski definition) is 3. The van der Waals surface area contributed by atoms with Gasteiger partial charge in [0, 0.05) is 30.3 Å². The van der Waals surface area contributed by atoms with E-state index in [2.05, 4.69) is 74.4 Å². The van der Waals surface area contributed by atoms with Crippen LogP contribution < -0.4 is 5.32 Å². The first-order chi connectivity index (χ1) is 12.0. The van der Waals surface area contributed by atoms with E-state index in [4.69, 9.17) is 4.74 Å². The number of methoxy groups -OCH3 is 1. The van der Waals surface area contributed by atoms with Crippen LogP contribution in [0.3, 0.4) is 0 Å². The molecule has 0 aliphatic rings. The van der Waals surface area contributed by atoms with Crippen molar-refractivity contribution in [1.29, 1.82) is 0 Å². The Hall–Kier alpha value is -2.13. The van der Waals surface area contributed by atoms with Gasteiger partial charge in [-0.15, -0.1) is 0 Å². The van der Waals surface area contributed by atoms with Gasteiger partial charge in [-0.1, -0.05) is 64.1 Å². The molecule has 0 atom stereocenters. The first-order valence-corrected chi connectivity index (χ1v) is 9.02. The maximum atomic E-state index is 5.06. The van der Waals surface area contributed by atoms with Gasteiger partial charge in [0.1, 0.15) is 0 Å². The van der Waals surface area contributed by atoms with Crippen LogP contribution in [0, 0.1) is 0 Å². The zero-order chi connectivity index (χ0) is 18.2. The third kappa shape index (κ3) is 5.17. The molecule has 0 bridgehead atoms. The minimum atomic E-state index is 0.462. The van der Waals surface area contributed by atoms with Crippen LogP contribution in [0.1, 0.15) is 56.2 Å². The largest absolute Gasteiger partial charge is 0.383 e. The lowest BCUT2D eigenvalue weighted by atomic mass is 9.92. The summed E-state index contributed by atoms with van der Waals surface area (Å²) in [5.74, 6) is 0.924. The fourth-order valence-electron chi connectivity index (χ4n) is 2.86. The van der Waals surface area contributed by atoms with Crippen LogP contribution in [-0.2, 0) is 4.74 Å². The zero-order valence-electron chi connectivity index (χ0n) is 16.0. The molecule has 0 aliphatic carbocycles. The molecule has 0 aromatic heterocycles. The Morgan fingerprint density at radius 3 is 2.20 bits per heavy atom. The van der Waals surface area contributed by atoms with Crippen molar-refractivity contribution in [2.75, 3.05) is 25.6 Å². The second-order valence-electron chi connectivity index (χ2n) is 6.86. The molecular formula is C22H30N2O. The maximum absolute atomic E-state index is 5.06. The topological polar surface area (TPSA) is 33.6 Å². The highest BCUT2D eigenvalue weighted by Gasteiger charge is 2.14. The van der Waals surface area contributed by atoms with Crippen molar-refractivity contribution in [2.45, 2.75) is 39.5 Å². The van der Waals surface area contributed by atoms with Gasteiger partial charge in [0.05, 0.1) is 13.2 Å². The lowest BCUT2D eigenvalue weighted by Gasteiger charge is -2.21. The monoisotopic (exact) mass is 338 g/mol. The standard InChI is InChI=1S/C22H30N2O/c1-16(2)19-10-8-11-20(17(3)4)22(19)24-21-12-7-6-9-18(21)15-23-13-14-25-5/h6-12,15-17,24H,13-14H2,1-5H3. The van der Waals surface area contributed by atoms with E-state index in [1.54, 1.807) is 7.11 Å². The van der Waals surface area contributed by atoms with Crippen LogP contribution in [0.25, 0.3) is 0 Å². The fraction of sp³-hybridized carbons (Fsp3) is 0.409. The van der Waals surface area contributed by atoms with Crippen LogP contribution in [-0.4, -0.2) is 26.5 Å². The van der Waals surface area contributed by atoms with Crippen molar-refractivity contribution < 1.29 is 4.74 Å². The molecule has 3 heteroatoms. The number of benzene rings is 2. The summed E-state index contributed by atoms with van der Waals surface area (Å²) in [4.78, 5) is 4.46. The summed E-state index contributed by atoms with van der Waals surface area (Å²) in [5, 5.41) is 3.69. The predicted molar refractivity (Wildman–Crippen MR) is 109 cm³/mol. The number of nitrogens with zero attached hydrogens (tertiary/aromatic N) is 1. The number of rotatable bonds is 8. The molecule has 25 heavy (non-hydrogen) atoms. The smallest absolute Gasteiger partial charge is 0.0658 e. The van der Waals surface area contributed by atoms with E-state index in [9.17, 15) is 0 Å². The van der Waals surface area contributed by atoms with Crippen LogP contribution in [0.4, 0.5) is 11.4 Å². The molecule has 134 valence electrons. The maximum Gasteiger partial charge on any atom is 0.0658 e. The summed E-state index contributed by atoms with van der Waals surface area (Å²) in [5.41, 5.74) is 6.09. The Labute approximate surface area is 152 Å². The third-order valence-corrected chi connectivity index (χ3v) is 4.25. The molecule has 0 radical (unpaired) electrons. The van der Waals surface area contributed by atoms with Gasteiger partial charge in [0.2, 0.25) is 0 Å². The summed E-state index contributed by atoms with van der Waals surface area (Å²) in [7, 11) is 1.70. The first-order valence-electron chi connectivity index (χ1n) is 9.02. The van der Waals surface area contributed by atoms with Crippen molar-refractivity contribution >= 4 is 17.6 Å². The van der Waals surface area contributed by atoms with Crippen molar-refractivity contribution in [3.8, 4) is 0 Å². The second-order valence-corrected chi connectivity index (χ2v) is 6.86. The van der Waals surface area contributed by atoms with E-state index in [1.165, 1.54) is 16.8 Å². The Bertz CT molecular complexity index is 679. The molecule has 0 aliphatic heterocycles. The Morgan fingerprint density at radius 1 is 0.960 bits per heavy atom. The lowest BCUT2D eigenvalue weighted by molar-refractivity contribution is 0.208. The Kier molecular flexibility index (Phi) is 7.20. The van der Waals surface area contributed by atoms with Crippen molar-refractivity contribution in [3.05, 3.63) is 59.2 Å². The highest BCUT2D eigenvalue weighted by molar-refractivity contribution is 5.89. The molecule has 3 nitrogen and oxygen atoms in total. The summed E-state index contributed by atoms with van der Waals surface area (Å²) >= 11 is 0. The molecule has 1 N–H and O–H groups in total. The summed E-state index contributed by atoms with van der Waals surface area (Å²) < 4.78 is 5.06. The van der Waals surface area contributed by atoms with Crippen LogP contribution in [0.5, 0.6) is 0 Å². The average Bonchev–Trinajstić information content (AvgIpc) is 2.59. The number of ether oxygens (including phenoxy) is 1. The van der Waals surface area contributed by atoms with Crippen molar-refractivity contribution in [2.24, 2.45) is 4.99 Å². The van der Waals surface area contributed by atoms with E-state index < -0.39 is 0 Å². The number of para-hydroxylation sites is 2. The van der Waals surface area contributed by atoms with E-state index in [1.807, 2.05) is 12.3 Å². The fourth-order valence-corrected chi connectivity index (χ4v) is 2.86. The average molecular weight is 338 g/mol.